The maximum atomic E-state index is 13.3. The number of carbonyl (C=O) groups is 2. The molecule has 2 aromatic rings. The Kier molecular flexibility index (Phi) is 8.47. The molecular weight excluding hydrogens is 438 g/mol. The maximum Gasteiger partial charge on any atom is 0.244 e. The molecule has 0 bridgehead atoms. The van der Waals surface area contributed by atoms with Gasteiger partial charge in [-0.15, -0.1) is 0 Å². The Morgan fingerprint density at radius 1 is 1.10 bits per heavy atom. The number of hydrogen-bond acceptors (Lipinski definition) is 4. The van der Waals surface area contributed by atoms with Gasteiger partial charge in [-0.25, -0.2) is 8.42 Å². The van der Waals surface area contributed by atoms with Crippen LogP contribution in [-0.4, -0.2) is 51.0 Å². The van der Waals surface area contributed by atoms with Gasteiger partial charge in [0.15, 0.2) is 0 Å². The maximum absolute atomic E-state index is 13.3. The number of hydrogen-bond donors (Lipinski definition) is 1. The van der Waals surface area contributed by atoms with Crippen molar-refractivity contribution in [2.75, 3.05) is 24.2 Å². The number of rotatable bonds is 9. The summed E-state index contributed by atoms with van der Waals surface area (Å²) < 4.78 is 26.2. The average Bonchev–Trinajstić information content (AvgIpc) is 2.75. The minimum Gasteiger partial charge on any atom is -0.357 e. The second-order valence-corrected chi connectivity index (χ2v) is 9.53. The number of nitrogens with one attached hydrogen (secondary N) is 1. The van der Waals surface area contributed by atoms with Gasteiger partial charge in [0.05, 0.1) is 11.9 Å². The number of carbonyl (C=O) groups excluding carboxylic acids is 2. The standard InChI is InChI=1S/C22H28ClN3O4S/c1-5-18-8-6-7-9-20(18)26(31(4,29)30)15-21(27)25(16(2)22(28)24-3)14-17-10-12-19(23)13-11-17/h6-13,16H,5,14-15H2,1-4H3,(H,24,28). The fourth-order valence-corrected chi connectivity index (χ4v) is 4.23. The van der Waals surface area contributed by atoms with E-state index in [0.29, 0.717) is 17.1 Å². The van der Waals surface area contributed by atoms with E-state index in [-0.39, 0.29) is 12.5 Å². The molecule has 0 spiro atoms. The van der Waals surface area contributed by atoms with Gasteiger partial charge in [0.2, 0.25) is 21.8 Å². The van der Waals surface area contributed by atoms with Gasteiger partial charge >= 0.3 is 0 Å². The van der Waals surface area contributed by atoms with Gasteiger partial charge in [-0.05, 0) is 42.7 Å². The van der Waals surface area contributed by atoms with Crippen molar-refractivity contribution < 1.29 is 18.0 Å². The zero-order valence-electron chi connectivity index (χ0n) is 18.1. The van der Waals surface area contributed by atoms with Crippen LogP contribution >= 0.6 is 11.6 Å². The van der Waals surface area contributed by atoms with Gasteiger partial charge in [-0.2, -0.15) is 0 Å². The highest BCUT2D eigenvalue weighted by molar-refractivity contribution is 7.92. The lowest BCUT2D eigenvalue weighted by Gasteiger charge is -2.31. The quantitative estimate of drug-likeness (QED) is 0.617. The van der Waals surface area contributed by atoms with Gasteiger partial charge in [-0.3, -0.25) is 13.9 Å². The number of halogens is 1. The van der Waals surface area contributed by atoms with E-state index in [4.69, 9.17) is 11.6 Å². The first-order valence-corrected chi connectivity index (χ1v) is 12.1. The van der Waals surface area contributed by atoms with Crippen LogP contribution in [0.4, 0.5) is 5.69 Å². The Balaban J connectivity index is 2.41. The Morgan fingerprint density at radius 3 is 2.26 bits per heavy atom. The van der Waals surface area contributed by atoms with Crippen LogP contribution in [0.2, 0.25) is 5.02 Å². The zero-order chi connectivity index (χ0) is 23.2. The number of aryl methyl sites for hydroxylation is 1. The largest absolute Gasteiger partial charge is 0.357 e. The molecule has 31 heavy (non-hydrogen) atoms. The molecule has 0 aliphatic heterocycles. The highest BCUT2D eigenvalue weighted by Gasteiger charge is 2.30. The van der Waals surface area contributed by atoms with Crippen molar-refractivity contribution in [1.82, 2.24) is 10.2 Å². The summed E-state index contributed by atoms with van der Waals surface area (Å²) in [7, 11) is -2.25. The van der Waals surface area contributed by atoms with E-state index in [2.05, 4.69) is 5.32 Å². The SMILES string of the molecule is CCc1ccccc1N(CC(=O)N(Cc1ccc(Cl)cc1)C(C)C(=O)NC)S(C)(=O)=O. The predicted octanol–water partition coefficient (Wildman–Crippen LogP) is 2.83. The lowest BCUT2D eigenvalue weighted by atomic mass is 10.1. The summed E-state index contributed by atoms with van der Waals surface area (Å²) in [5, 5.41) is 3.10. The van der Waals surface area contributed by atoms with Gasteiger partial charge in [0, 0.05) is 18.6 Å². The molecular formula is C22H28ClN3O4S. The molecule has 9 heteroatoms. The summed E-state index contributed by atoms with van der Waals surface area (Å²) >= 11 is 5.94. The van der Waals surface area contributed by atoms with Crippen molar-refractivity contribution in [3.63, 3.8) is 0 Å². The summed E-state index contributed by atoms with van der Waals surface area (Å²) in [5.74, 6) is -0.829. The van der Waals surface area contributed by atoms with Crippen LogP contribution in [0.15, 0.2) is 48.5 Å². The number of amides is 2. The molecule has 0 heterocycles. The smallest absolute Gasteiger partial charge is 0.244 e. The Labute approximate surface area is 189 Å². The molecule has 0 aromatic heterocycles. The van der Waals surface area contributed by atoms with E-state index in [1.54, 1.807) is 43.3 Å². The minimum absolute atomic E-state index is 0.137. The molecule has 0 saturated heterocycles. The van der Waals surface area contributed by atoms with E-state index in [1.165, 1.54) is 11.9 Å². The number of benzene rings is 2. The zero-order valence-corrected chi connectivity index (χ0v) is 19.7. The normalized spacial score (nSPS) is 12.2. The van der Waals surface area contributed by atoms with Crippen molar-refractivity contribution in [2.45, 2.75) is 32.9 Å². The lowest BCUT2D eigenvalue weighted by Crippen LogP contribution is -2.50. The van der Waals surface area contributed by atoms with E-state index >= 15 is 0 Å². The monoisotopic (exact) mass is 465 g/mol. The van der Waals surface area contributed by atoms with Crippen LogP contribution < -0.4 is 9.62 Å². The first-order valence-electron chi connectivity index (χ1n) is 9.89. The third-order valence-corrected chi connectivity index (χ3v) is 6.38. The highest BCUT2D eigenvalue weighted by Crippen LogP contribution is 2.24. The van der Waals surface area contributed by atoms with Crippen LogP contribution in [0, 0.1) is 0 Å². The summed E-state index contributed by atoms with van der Waals surface area (Å²) in [6.45, 7) is 3.25. The third kappa shape index (κ3) is 6.45. The summed E-state index contributed by atoms with van der Waals surface area (Å²) in [6, 6.07) is 13.2. The van der Waals surface area contributed by atoms with E-state index in [0.717, 1.165) is 21.7 Å². The highest BCUT2D eigenvalue weighted by atomic mass is 35.5. The molecule has 0 aliphatic rings. The molecule has 0 radical (unpaired) electrons. The molecule has 7 nitrogen and oxygen atoms in total. The Hall–Kier alpha value is -2.58. The molecule has 1 N–H and O–H groups in total. The molecule has 0 saturated carbocycles. The Bertz CT molecular complexity index is 1030. The van der Waals surface area contributed by atoms with Gasteiger partial charge < -0.3 is 10.2 Å². The fraction of sp³-hybridized carbons (Fsp3) is 0.364. The molecule has 2 rings (SSSR count). The first-order chi connectivity index (χ1) is 14.6. The van der Waals surface area contributed by atoms with Crippen molar-refractivity contribution >= 4 is 39.1 Å². The molecule has 2 amide bonds. The van der Waals surface area contributed by atoms with Crippen LogP contribution in [-0.2, 0) is 32.6 Å². The molecule has 1 unspecified atom stereocenters. The number of anilines is 1. The average molecular weight is 466 g/mol. The van der Waals surface area contributed by atoms with Crippen molar-refractivity contribution in [2.24, 2.45) is 0 Å². The van der Waals surface area contributed by atoms with Crippen molar-refractivity contribution in [3.8, 4) is 0 Å². The summed E-state index contributed by atoms with van der Waals surface area (Å²) in [6.07, 6.45) is 1.68. The van der Waals surface area contributed by atoms with Crippen LogP contribution in [0.3, 0.4) is 0 Å². The topological polar surface area (TPSA) is 86.8 Å². The molecule has 2 aromatic carbocycles. The van der Waals surface area contributed by atoms with Crippen LogP contribution in [0.5, 0.6) is 0 Å². The van der Waals surface area contributed by atoms with Crippen molar-refractivity contribution in [3.05, 3.63) is 64.7 Å². The molecule has 1 atom stereocenters. The lowest BCUT2D eigenvalue weighted by molar-refractivity contribution is -0.139. The van der Waals surface area contributed by atoms with Gasteiger partial charge in [-0.1, -0.05) is 48.9 Å². The third-order valence-electron chi connectivity index (χ3n) is 5.00. The number of likely N-dealkylation sites (N-methyl/N-ethyl adjacent to an activating group) is 1. The van der Waals surface area contributed by atoms with E-state index in [1.807, 2.05) is 19.1 Å². The molecule has 0 aliphatic carbocycles. The molecule has 0 fully saturated rings. The predicted molar refractivity (Wildman–Crippen MR) is 124 cm³/mol. The summed E-state index contributed by atoms with van der Waals surface area (Å²) in [5.41, 5.74) is 2.04. The second kappa shape index (κ2) is 10.6. The summed E-state index contributed by atoms with van der Waals surface area (Å²) in [4.78, 5) is 27.0. The number of nitrogens with zero attached hydrogens (tertiary/aromatic N) is 2. The minimum atomic E-state index is -3.74. The number of sulfonamides is 1. The van der Waals surface area contributed by atoms with Crippen LogP contribution in [0.1, 0.15) is 25.0 Å². The van der Waals surface area contributed by atoms with Gasteiger partial charge in [0.1, 0.15) is 12.6 Å². The fourth-order valence-electron chi connectivity index (χ4n) is 3.23. The van der Waals surface area contributed by atoms with Crippen LogP contribution in [0.25, 0.3) is 0 Å². The number of para-hydroxylation sites is 1. The Morgan fingerprint density at radius 2 is 1.71 bits per heavy atom. The van der Waals surface area contributed by atoms with E-state index in [9.17, 15) is 18.0 Å². The molecule has 168 valence electrons. The second-order valence-electron chi connectivity index (χ2n) is 7.19. The van der Waals surface area contributed by atoms with Crippen molar-refractivity contribution in [1.29, 1.82) is 0 Å². The van der Waals surface area contributed by atoms with Gasteiger partial charge in [0.25, 0.3) is 0 Å². The first kappa shape index (κ1) is 24.7. The van der Waals surface area contributed by atoms with E-state index < -0.39 is 28.5 Å².